The number of halogens is 1. The van der Waals surface area contributed by atoms with Gasteiger partial charge in [0.25, 0.3) is 5.91 Å². The average Bonchev–Trinajstić information content (AvgIpc) is 2.62. The van der Waals surface area contributed by atoms with Gasteiger partial charge in [-0.25, -0.2) is 0 Å². The Morgan fingerprint density at radius 3 is 2.64 bits per heavy atom. The largest absolute Gasteiger partial charge is 0.491 e. The van der Waals surface area contributed by atoms with Gasteiger partial charge in [-0.05, 0) is 30.5 Å². The Morgan fingerprint density at radius 1 is 1.12 bits per heavy atom. The molecule has 0 atom stereocenters. The van der Waals surface area contributed by atoms with Crippen LogP contribution in [-0.4, -0.2) is 19.6 Å². The molecule has 0 aliphatic carbocycles. The Kier molecular flexibility index (Phi) is 5.10. The normalized spacial score (nSPS) is 10.5. The Hall–Kier alpha value is -2.72. The van der Waals surface area contributed by atoms with E-state index in [1.807, 2.05) is 49.4 Å². The van der Waals surface area contributed by atoms with Crippen molar-refractivity contribution in [1.29, 1.82) is 0 Å². The number of hydrogen-bond acceptors (Lipinski definition) is 3. The van der Waals surface area contributed by atoms with E-state index >= 15 is 0 Å². The number of methoxy groups -OCH3 is 1. The van der Waals surface area contributed by atoms with Gasteiger partial charge < -0.3 is 14.8 Å². The smallest absolute Gasteiger partial charge is 0.255 e. The molecule has 0 heterocycles. The third-order valence-electron chi connectivity index (χ3n) is 3.81. The first kappa shape index (κ1) is 17.1. The maximum atomic E-state index is 12.7. The lowest BCUT2D eigenvalue weighted by molar-refractivity contribution is 0.102. The van der Waals surface area contributed by atoms with Gasteiger partial charge in [-0.1, -0.05) is 48.0 Å². The first-order valence-corrected chi connectivity index (χ1v) is 8.31. The minimum Gasteiger partial charge on any atom is -0.491 e. The summed E-state index contributed by atoms with van der Waals surface area (Å²) in [4.78, 5) is 12.7. The highest BCUT2D eigenvalue weighted by Crippen LogP contribution is 2.36. The lowest BCUT2D eigenvalue weighted by Gasteiger charge is -2.14. The Bertz CT molecular complexity index is 919. The highest BCUT2D eigenvalue weighted by molar-refractivity contribution is 6.32. The van der Waals surface area contributed by atoms with Crippen molar-refractivity contribution in [3.8, 4) is 11.5 Å². The second-order valence-electron chi connectivity index (χ2n) is 5.40. The molecular weight excluding hydrogens is 338 g/mol. The van der Waals surface area contributed by atoms with Crippen molar-refractivity contribution in [3.63, 3.8) is 0 Å². The molecule has 0 fully saturated rings. The summed E-state index contributed by atoms with van der Waals surface area (Å²) < 4.78 is 10.8. The first-order valence-electron chi connectivity index (χ1n) is 7.93. The summed E-state index contributed by atoms with van der Waals surface area (Å²) in [6, 6.07) is 16.9. The molecule has 3 rings (SSSR count). The van der Waals surface area contributed by atoms with Crippen LogP contribution in [-0.2, 0) is 0 Å². The minimum atomic E-state index is -0.262. The van der Waals surface area contributed by atoms with Gasteiger partial charge in [-0.2, -0.15) is 0 Å². The lowest BCUT2D eigenvalue weighted by Crippen LogP contribution is -2.12. The Morgan fingerprint density at radius 2 is 1.88 bits per heavy atom. The van der Waals surface area contributed by atoms with Crippen molar-refractivity contribution in [2.45, 2.75) is 6.92 Å². The maximum Gasteiger partial charge on any atom is 0.255 e. The third kappa shape index (κ3) is 3.54. The quantitative estimate of drug-likeness (QED) is 0.688. The average molecular weight is 356 g/mol. The van der Waals surface area contributed by atoms with Gasteiger partial charge in [-0.15, -0.1) is 0 Å². The van der Waals surface area contributed by atoms with E-state index in [0.29, 0.717) is 28.7 Å². The summed E-state index contributed by atoms with van der Waals surface area (Å²) in [5.74, 6) is 0.604. The van der Waals surface area contributed by atoms with E-state index in [2.05, 4.69) is 5.32 Å². The van der Waals surface area contributed by atoms with Crippen molar-refractivity contribution in [1.82, 2.24) is 0 Å². The molecule has 128 valence electrons. The van der Waals surface area contributed by atoms with Gasteiger partial charge in [0, 0.05) is 16.6 Å². The monoisotopic (exact) mass is 355 g/mol. The molecule has 0 aliphatic rings. The fourth-order valence-corrected chi connectivity index (χ4v) is 2.98. The number of carbonyl (C=O) groups excluding carboxylic acids is 1. The Balaban J connectivity index is 1.95. The van der Waals surface area contributed by atoms with Crippen molar-refractivity contribution in [3.05, 3.63) is 65.2 Å². The van der Waals surface area contributed by atoms with E-state index < -0.39 is 0 Å². The first-order chi connectivity index (χ1) is 12.1. The van der Waals surface area contributed by atoms with Crippen LogP contribution in [0, 0.1) is 0 Å². The second kappa shape index (κ2) is 7.45. The number of anilines is 1. The topological polar surface area (TPSA) is 47.6 Å². The van der Waals surface area contributed by atoms with Gasteiger partial charge in [0.15, 0.2) is 11.5 Å². The lowest BCUT2D eigenvalue weighted by atomic mass is 10.1. The van der Waals surface area contributed by atoms with Gasteiger partial charge in [0.1, 0.15) is 0 Å². The molecule has 0 saturated heterocycles. The van der Waals surface area contributed by atoms with Crippen molar-refractivity contribution >= 4 is 34.0 Å². The molecule has 1 amide bonds. The molecule has 4 nitrogen and oxygen atoms in total. The number of carbonyl (C=O) groups is 1. The van der Waals surface area contributed by atoms with Crippen LogP contribution < -0.4 is 14.8 Å². The van der Waals surface area contributed by atoms with Gasteiger partial charge in [-0.3, -0.25) is 4.79 Å². The predicted molar refractivity (Wildman–Crippen MR) is 101 cm³/mol. The molecule has 3 aromatic rings. The molecule has 5 heteroatoms. The summed E-state index contributed by atoms with van der Waals surface area (Å²) in [6.07, 6.45) is 0. The van der Waals surface area contributed by atoms with Crippen molar-refractivity contribution in [2.75, 3.05) is 19.0 Å². The highest BCUT2D eigenvalue weighted by Gasteiger charge is 2.16. The van der Waals surface area contributed by atoms with Gasteiger partial charge in [0.05, 0.1) is 18.7 Å². The fraction of sp³-hybridized carbons (Fsp3) is 0.150. The minimum absolute atomic E-state index is 0.262. The molecule has 0 bridgehead atoms. The van der Waals surface area contributed by atoms with E-state index in [4.69, 9.17) is 21.1 Å². The molecule has 25 heavy (non-hydrogen) atoms. The molecule has 0 aliphatic heterocycles. The molecule has 3 aromatic carbocycles. The SMILES string of the molecule is CCOc1cc(C(=O)Nc2cccc3ccccc23)cc(Cl)c1OC. The van der Waals surface area contributed by atoms with Crippen LogP contribution in [0.25, 0.3) is 10.8 Å². The zero-order valence-corrected chi connectivity index (χ0v) is 14.8. The summed E-state index contributed by atoms with van der Waals surface area (Å²) in [6.45, 7) is 2.30. The molecule has 0 spiro atoms. The van der Waals surface area contributed by atoms with E-state index in [9.17, 15) is 4.79 Å². The van der Waals surface area contributed by atoms with Crippen LogP contribution in [0.2, 0.25) is 5.02 Å². The second-order valence-corrected chi connectivity index (χ2v) is 5.81. The van der Waals surface area contributed by atoms with Crippen LogP contribution in [0.3, 0.4) is 0 Å². The van der Waals surface area contributed by atoms with E-state index in [0.717, 1.165) is 16.5 Å². The van der Waals surface area contributed by atoms with Crippen molar-refractivity contribution in [2.24, 2.45) is 0 Å². The zero-order chi connectivity index (χ0) is 17.8. The van der Waals surface area contributed by atoms with E-state index in [1.54, 1.807) is 12.1 Å². The number of hydrogen-bond donors (Lipinski definition) is 1. The molecule has 0 radical (unpaired) electrons. The van der Waals surface area contributed by atoms with Crippen molar-refractivity contribution < 1.29 is 14.3 Å². The van der Waals surface area contributed by atoms with Gasteiger partial charge in [0.2, 0.25) is 0 Å². The predicted octanol–water partition coefficient (Wildman–Crippen LogP) is 5.15. The molecular formula is C20H18ClNO3. The van der Waals surface area contributed by atoms with Crippen LogP contribution in [0.5, 0.6) is 11.5 Å². The van der Waals surface area contributed by atoms with E-state index in [1.165, 1.54) is 7.11 Å². The molecule has 0 saturated carbocycles. The standard InChI is InChI=1S/C20H18ClNO3/c1-3-25-18-12-14(11-16(21)19(18)24-2)20(23)22-17-10-6-8-13-7-4-5-9-15(13)17/h4-12H,3H2,1-2H3,(H,22,23). The summed E-state index contributed by atoms with van der Waals surface area (Å²) in [7, 11) is 1.51. The van der Waals surface area contributed by atoms with Crippen LogP contribution in [0.15, 0.2) is 54.6 Å². The number of fused-ring (bicyclic) bond motifs is 1. The third-order valence-corrected chi connectivity index (χ3v) is 4.09. The summed E-state index contributed by atoms with van der Waals surface area (Å²) >= 11 is 6.23. The molecule has 0 unspecified atom stereocenters. The summed E-state index contributed by atoms with van der Waals surface area (Å²) in [5, 5.41) is 5.30. The van der Waals surface area contributed by atoms with Gasteiger partial charge >= 0.3 is 0 Å². The van der Waals surface area contributed by atoms with E-state index in [-0.39, 0.29) is 5.91 Å². The van der Waals surface area contributed by atoms with Crippen LogP contribution >= 0.6 is 11.6 Å². The fourth-order valence-electron chi connectivity index (χ4n) is 2.69. The highest BCUT2D eigenvalue weighted by atomic mass is 35.5. The number of nitrogens with one attached hydrogen (secondary N) is 1. The number of ether oxygens (including phenoxy) is 2. The number of rotatable bonds is 5. The Labute approximate surface area is 151 Å². The molecule has 1 N–H and O–H groups in total. The maximum absolute atomic E-state index is 12.7. The summed E-state index contributed by atoms with van der Waals surface area (Å²) in [5.41, 5.74) is 1.15. The van der Waals surface area contributed by atoms with Crippen LogP contribution in [0.1, 0.15) is 17.3 Å². The number of benzene rings is 3. The zero-order valence-electron chi connectivity index (χ0n) is 14.0. The van der Waals surface area contributed by atoms with Crippen LogP contribution in [0.4, 0.5) is 5.69 Å². The number of amides is 1. The molecule has 0 aromatic heterocycles.